The molecule has 0 spiro atoms. The first-order valence-corrected chi connectivity index (χ1v) is 8.77. The Kier molecular flexibility index (Phi) is 4.44. The van der Waals surface area contributed by atoms with Crippen LogP contribution in [0.2, 0.25) is 0 Å². The Hall–Kier alpha value is -3.81. The van der Waals surface area contributed by atoms with Crippen molar-refractivity contribution < 1.29 is 9.21 Å². The summed E-state index contributed by atoms with van der Waals surface area (Å²) in [5.74, 6) is -0.0826. The highest BCUT2D eigenvalue weighted by atomic mass is 16.4. The van der Waals surface area contributed by atoms with Gasteiger partial charge in [-0.15, -0.1) is 10.2 Å². The van der Waals surface area contributed by atoms with Crippen LogP contribution >= 0.6 is 0 Å². The summed E-state index contributed by atoms with van der Waals surface area (Å²) in [6.45, 7) is 2.32. The van der Waals surface area contributed by atoms with Crippen LogP contribution in [0.15, 0.2) is 57.7 Å². The Morgan fingerprint density at radius 2 is 1.93 bits per heavy atom. The van der Waals surface area contributed by atoms with Crippen LogP contribution < -0.4 is 11.4 Å². The Morgan fingerprint density at radius 3 is 2.64 bits per heavy atom. The summed E-state index contributed by atoms with van der Waals surface area (Å²) in [6.07, 6.45) is 0.854. The average Bonchev–Trinajstić information content (AvgIpc) is 3.16. The van der Waals surface area contributed by atoms with E-state index in [1.807, 2.05) is 25.1 Å². The van der Waals surface area contributed by atoms with E-state index in [1.54, 1.807) is 24.3 Å². The number of tetrazole rings is 1. The van der Waals surface area contributed by atoms with Crippen molar-refractivity contribution >= 4 is 16.9 Å². The van der Waals surface area contributed by atoms with Crippen molar-refractivity contribution in [3.05, 3.63) is 75.6 Å². The Morgan fingerprint density at radius 1 is 1.14 bits per heavy atom. The average molecular weight is 375 g/mol. The highest BCUT2D eigenvalue weighted by Gasteiger charge is 2.11. The molecule has 8 heteroatoms. The smallest absolute Gasteiger partial charge is 0.336 e. The van der Waals surface area contributed by atoms with Gasteiger partial charge in [-0.25, -0.2) is 4.79 Å². The van der Waals surface area contributed by atoms with Crippen molar-refractivity contribution in [1.82, 2.24) is 20.2 Å². The van der Waals surface area contributed by atoms with Gasteiger partial charge >= 0.3 is 5.63 Å². The van der Waals surface area contributed by atoms with E-state index >= 15 is 0 Å². The van der Waals surface area contributed by atoms with Crippen molar-refractivity contribution in [3.8, 4) is 11.4 Å². The van der Waals surface area contributed by atoms with E-state index in [1.165, 1.54) is 10.9 Å². The van der Waals surface area contributed by atoms with Crippen molar-refractivity contribution in [1.29, 1.82) is 0 Å². The number of hydrogen-bond acceptors (Lipinski definition) is 6. The van der Waals surface area contributed by atoms with Gasteiger partial charge in [0.05, 0.1) is 6.54 Å². The molecule has 0 bridgehead atoms. The van der Waals surface area contributed by atoms with Gasteiger partial charge in [0.25, 0.3) is 0 Å². The number of hydrogen-bond donors (Lipinski definition) is 1. The van der Waals surface area contributed by atoms with Crippen LogP contribution in [0, 0.1) is 0 Å². The molecular formula is C20H17N5O3. The number of carbonyl (C=O) groups excluding carboxylic acids is 1. The molecule has 28 heavy (non-hydrogen) atoms. The topological polar surface area (TPSA) is 117 Å². The van der Waals surface area contributed by atoms with Crippen LogP contribution in [0.4, 0.5) is 0 Å². The van der Waals surface area contributed by atoms with E-state index in [2.05, 4.69) is 15.4 Å². The van der Waals surface area contributed by atoms with Gasteiger partial charge in [-0.3, -0.25) is 4.79 Å². The predicted molar refractivity (Wildman–Crippen MR) is 103 cm³/mol. The summed E-state index contributed by atoms with van der Waals surface area (Å²) in [6, 6.07) is 13.9. The molecule has 2 heterocycles. The molecule has 0 saturated heterocycles. The van der Waals surface area contributed by atoms with Crippen LogP contribution in [-0.2, 0) is 13.0 Å². The van der Waals surface area contributed by atoms with Crippen molar-refractivity contribution in [2.24, 2.45) is 5.73 Å². The van der Waals surface area contributed by atoms with Gasteiger partial charge in [-0.05, 0) is 41.0 Å². The normalized spacial score (nSPS) is 11.0. The number of nitrogens with two attached hydrogens (primary N) is 1. The summed E-state index contributed by atoms with van der Waals surface area (Å²) in [7, 11) is 0. The molecule has 0 radical (unpaired) electrons. The lowest BCUT2D eigenvalue weighted by Crippen LogP contribution is -2.10. The zero-order valence-corrected chi connectivity index (χ0v) is 15.1. The fourth-order valence-electron chi connectivity index (χ4n) is 2.99. The Labute approximate surface area is 159 Å². The summed E-state index contributed by atoms with van der Waals surface area (Å²) < 4.78 is 5.33. The highest BCUT2D eigenvalue weighted by Crippen LogP contribution is 2.20. The Balaban J connectivity index is 1.65. The molecule has 0 fully saturated rings. The molecule has 0 aliphatic heterocycles. The van der Waals surface area contributed by atoms with Gasteiger partial charge in [0.15, 0.2) is 0 Å². The maximum Gasteiger partial charge on any atom is 0.336 e. The number of primary amides is 1. The zero-order valence-electron chi connectivity index (χ0n) is 15.1. The molecule has 4 aromatic rings. The monoisotopic (exact) mass is 375 g/mol. The number of aromatic nitrogens is 4. The third-order valence-corrected chi connectivity index (χ3v) is 4.50. The second kappa shape index (κ2) is 7.07. The van der Waals surface area contributed by atoms with E-state index in [0.29, 0.717) is 22.5 Å². The van der Waals surface area contributed by atoms with Crippen LogP contribution in [0.25, 0.3) is 22.4 Å². The summed E-state index contributed by atoms with van der Waals surface area (Å²) in [5, 5.41) is 13.3. The lowest BCUT2D eigenvalue weighted by molar-refractivity contribution is 0.100. The summed E-state index contributed by atoms with van der Waals surface area (Å²) in [4.78, 5) is 24.5. The standard InChI is InChI=1S/C20H17N5O3/c1-2-12-3-8-16-15(10-18(26)28-17(16)9-12)11-25-23-20(22-24-25)14-6-4-13(5-7-14)19(21)27/h3-10H,2,11H2,1H3,(H2,21,27). The number of aryl methyl sites for hydroxylation is 1. The Bertz CT molecular complexity index is 1220. The van der Waals surface area contributed by atoms with Crippen molar-refractivity contribution in [3.63, 3.8) is 0 Å². The molecule has 0 unspecified atom stereocenters. The molecule has 8 nitrogen and oxygen atoms in total. The van der Waals surface area contributed by atoms with Crippen LogP contribution in [0.3, 0.4) is 0 Å². The van der Waals surface area contributed by atoms with Crippen molar-refractivity contribution in [2.45, 2.75) is 19.9 Å². The molecule has 0 aliphatic rings. The van der Waals surface area contributed by atoms with Gasteiger partial charge in [-0.2, -0.15) is 4.80 Å². The molecule has 140 valence electrons. The first kappa shape index (κ1) is 17.6. The lowest BCUT2D eigenvalue weighted by Gasteiger charge is -2.05. The molecule has 2 aromatic carbocycles. The van der Waals surface area contributed by atoms with Gasteiger partial charge in [0, 0.05) is 22.6 Å². The number of rotatable bonds is 5. The fraction of sp³-hybridized carbons (Fsp3) is 0.150. The highest BCUT2D eigenvalue weighted by molar-refractivity contribution is 5.93. The fourth-order valence-corrected chi connectivity index (χ4v) is 2.99. The van der Waals surface area contributed by atoms with E-state index in [-0.39, 0.29) is 6.54 Å². The largest absolute Gasteiger partial charge is 0.423 e. The molecule has 4 rings (SSSR count). The van der Waals surface area contributed by atoms with Gasteiger partial charge in [-0.1, -0.05) is 31.2 Å². The van der Waals surface area contributed by atoms with E-state index < -0.39 is 11.5 Å². The number of fused-ring (bicyclic) bond motifs is 1. The number of amides is 1. The maximum absolute atomic E-state index is 11.9. The number of benzene rings is 2. The number of carbonyl (C=O) groups is 1. The maximum atomic E-state index is 11.9. The van der Waals surface area contributed by atoms with Crippen LogP contribution in [-0.4, -0.2) is 26.1 Å². The first-order chi connectivity index (χ1) is 13.5. The van der Waals surface area contributed by atoms with Crippen LogP contribution in [0.1, 0.15) is 28.4 Å². The molecule has 1 amide bonds. The van der Waals surface area contributed by atoms with Gasteiger partial charge < -0.3 is 10.2 Å². The summed E-state index contributed by atoms with van der Waals surface area (Å²) >= 11 is 0. The molecule has 0 atom stereocenters. The molecule has 0 saturated carbocycles. The minimum atomic E-state index is -0.496. The second-order valence-electron chi connectivity index (χ2n) is 6.36. The molecule has 0 aliphatic carbocycles. The summed E-state index contributed by atoms with van der Waals surface area (Å²) in [5.41, 5.74) is 8.34. The van der Waals surface area contributed by atoms with Crippen molar-refractivity contribution in [2.75, 3.05) is 0 Å². The van der Waals surface area contributed by atoms with E-state index in [9.17, 15) is 9.59 Å². The second-order valence-corrected chi connectivity index (χ2v) is 6.36. The molecular weight excluding hydrogens is 358 g/mol. The number of nitrogens with zero attached hydrogens (tertiary/aromatic N) is 4. The van der Waals surface area contributed by atoms with Crippen LogP contribution in [0.5, 0.6) is 0 Å². The van der Waals surface area contributed by atoms with E-state index in [0.717, 1.165) is 22.9 Å². The lowest BCUT2D eigenvalue weighted by atomic mass is 10.1. The predicted octanol–water partition coefficient (Wildman–Crippen LogP) is 2.16. The van der Waals surface area contributed by atoms with E-state index in [4.69, 9.17) is 10.2 Å². The quantitative estimate of drug-likeness (QED) is 0.534. The SMILES string of the molecule is CCc1ccc2c(Cn3nnc(-c4ccc(C(N)=O)cc4)n3)cc(=O)oc2c1. The van der Waals surface area contributed by atoms with Gasteiger partial charge in [0.1, 0.15) is 5.58 Å². The first-order valence-electron chi connectivity index (χ1n) is 8.77. The minimum absolute atomic E-state index is 0.278. The zero-order chi connectivity index (χ0) is 19.7. The minimum Gasteiger partial charge on any atom is -0.423 e. The molecule has 2 N–H and O–H groups in total. The molecule has 2 aromatic heterocycles. The van der Waals surface area contributed by atoms with Gasteiger partial charge in [0.2, 0.25) is 11.7 Å². The third kappa shape index (κ3) is 3.39. The third-order valence-electron chi connectivity index (χ3n) is 4.50.